The van der Waals surface area contributed by atoms with Gasteiger partial charge in [-0.1, -0.05) is 0 Å². The number of hydrogen-bond donors (Lipinski definition) is 1. The van der Waals surface area contributed by atoms with Gasteiger partial charge in [0.1, 0.15) is 0 Å². The molecule has 76 valence electrons. The molecule has 0 amide bonds. The molecule has 1 rings (SSSR count). The normalized spacial score (nSPS) is 20.8. The van der Waals surface area contributed by atoms with Crippen molar-refractivity contribution in [2.45, 2.75) is 18.5 Å². The van der Waals surface area contributed by atoms with Gasteiger partial charge in [-0.25, -0.2) is 0 Å². The molecule has 4 nitrogen and oxygen atoms in total. The van der Waals surface area contributed by atoms with Crippen molar-refractivity contribution < 1.29 is 30.9 Å². The van der Waals surface area contributed by atoms with Gasteiger partial charge in [0.25, 0.3) is 0 Å². The van der Waals surface area contributed by atoms with E-state index in [4.69, 9.17) is 17.7 Å². The van der Waals surface area contributed by atoms with E-state index in [1.54, 1.807) is 0 Å². The first-order valence-corrected chi connectivity index (χ1v) is 4.24. The van der Waals surface area contributed by atoms with Crippen LogP contribution >= 0.6 is 0 Å². The molecule has 1 aliphatic heterocycles. The SMILES string of the molecule is CC1CO1.O=S(=O)(O)C(F)(F)F.[NaH]. The van der Waals surface area contributed by atoms with Gasteiger partial charge in [-0.05, 0) is 6.92 Å². The van der Waals surface area contributed by atoms with E-state index in [1.807, 2.05) is 0 Å². The van der Waals surface area contributed by atoms with Gasteiger partial charge in [0.2, 0.25) is 0 Å². The summed E-state index contributed by atoms with van der Waals surface area (Å²) in [4.78, 5) is 0. The molecule has 0 bridgehead atoms. The van der Waals surface area contributed by atoms with Crippen LogP contribution in [0.25, 0.3) is 0 Å². The first kappa shape index (κ1) is 16.1. The fourth-order valence-electron chi connectivity index (χ4n) is 0.0962. The Morgan fingerprint density at radius 1 is 1.46 bits per heavy atom. The second-order valence-electron chi connectivity index (χ2n) is 2.06. The minimum atomic E-state index is -5.84. The predicted octanol–water partition coefficient (Wildman–Crippen LogP) is 0.151. The minimum absolute atomic E-state index is 0. The van der Waals surface area contributed by atoms with E-state index in [1.165, 1.54) is 0 Å². The number of ether oxygens (including phenoxy) is 1. The maximum atomic E-state index is 10.7. The Morgan fingerprint density at radius 3 is 1.62 bits per heavy atom. The van der Waals surface area contributed by atoms with Gasteiger partial charge in [-0.3, -0.25) is 4.55 Å². The molecule has 0 aromatic carbocycles. The first-order valence-electron chi connectivity index (χ1n) is 2.80. The maximum absolute atomic E-state index is 10.7. The molecule has 1 heterocycles. The molecule has 0 spiro atoms. The van der Waals surface area contributed by atoms with Crippen LogP contribution in [-0.2, 0) is 14.9 Å². The topological polar surface area (TPSA) is 66.9 Å². The zero-order valence-electron chi connectivity index (χ0n) is 6.00. The molecular weight excluding hydrogens is 224 g/mol. The Bertz CT molecular complexity index is 232. The summed E-state index contributed by atoms with van der Waals surface area (Å²) in [6, 6.07) is 0. The Hall–Kier alpha value is 0.660. The Labute approximate surface area is 95.5 Å². The molecule has 1 unspecified atom stereocenters. The molecule has 1 atom stereocenters. The van der Waals surface area contributed by atoms with Crippen molar-refractivity contribution in [3.63, 3.8) is 0 Å². The second-order valence-corrected chi connectivity index (χ2v) is 3.48. The first-order chi connectivity index (χ1) is 5.14. The molecule has 1 N–H and O–H groups in total. The molecule has 0 saturated carbocycles. The number of alkyl halides is 3. The Balaban J connectivity index is 0. The van der Waals surface area contributed by atoms with Crippen LogP contribution in [0.15, 0.2) is 0 Å². The fourth-order valence-corrected chi connectivity index (χ4v) is 0.0962. The van der Waals surface area contributed by atoms with E-state index in [0.717, 1.165) is 6.61 Å². The van der Waals surface area contributed by atoms with E-state index in [0.29, 0.717) is 6.10 Å². The molecular formula is C4H8F3NaO4S. The van der Waals surface area contributed by atoms with Crippen LogP contribution in [-0.4, -0.2) is 60.7 Å². The molecule has 0 aromatic rings. The summed E-state index contributed by atoms with van der Waals surface area (Å²) in [5.74, 6) is 0. The standard InChI is InChI=1S/C3H6O.CHF3O3S.Na.H/c1-3-2-4-3;2-1(3,4)8(5,6)7;;/h3H,2H2,1H3;(H,5,6,7);;. The summed E-state index contributed by atoms with van der Waals surface area (Å²) in [5, 5.41) is 0. The van der Waals surface area contributed by atoms with Crippen LogP contribution in [0.3, 0.4) is 0 Å². The number of epoxide rings is 1. The van der Waals surface area contributed by atoms with Crippen LogP contribution < -0.4 is 0 Å². The molecule has 0 radical (unpaired) electrons. The predicted molar refractivity (Wildman–Crippen MR) is 40.2 cm³/mol. The molecule has 1 fully saturated rings. The van der Waals surface area contributed by atoms with Crippen LogP contribution in [0.4, 0.5) is 13.2 Å². The van der Waals surface area contributed by atoms with Gasteiger partial charge >= 0.3 is 45.2 Å². The van der Waals surface area contributed by atoms with Crippen molar-refractivity contribution in [3.05, 3.63) is 0 Å². The second kappa shape index (κ2) is 5.52. The van der Waals surface area contributed by atoms with Gasteiger partial charge in [0.05, 0.1) is 12.7 Å². The number of halogens is 3. The number of rotatable bonds is 0. The molecule has 0 aliphatic carbocycles. The summed E-state index contributed by atoms with van der Waals surface area (Å²) < 4.78 is 62.2. The van der Waals surface area contributed by atoms with E-state index < -0.39 is 15.6 Å². The van der Waals surface area contributed by atoms with Gasteiger partial charge < -0.3 is 4.74 Å². The van der Waals surface area contributed by atoms with Gasteiger partial charge in [0, 0.05) is 0 Å². The Kier molecular flexibility index (Phi) is 6.84. The van der Waals surface area contributed by atoms with Gasteiger partial charge in [-0.15, -0.1) is 0 Å². The molecule has 1 saturated heterocycles. The van der Waals surface area contributed by atoms with E-state index in [-0.39, 0.29) is 29.6 Å². The monoisotopic (exact) mass is 232 g/mol. The average Bonchev–Trinajstić information content (AvgIpc) is 2.46. The third-order valence-corrected chi connectivity index (χ3v) is 1.38. The van der Waals surface area contributed by atoms with Gasteiger partial charge in [-0.2, -0.15) is 21.6 Å². The third kappa shape index (κ3) is 8.98. The van der Waals surface area contributed by atoms with Crippen molar-refractivity contribution in [1.82, 2.24) is 0 Å². The van der Waals surface area contributed by atoms with E-state index in [2.05, 4.69) is 6.92 Å². The summed E-state index contributed by atoms with van der Waals surface area (Å²) in [6.45, 7) is 3.04. The van der Waals surface area contributed by atoms with E-state index in [9.17, 15) is 13.2 Å². The van der Waals surface area contributed by atoms with Crippen molar-refractivity contribution in [3.8, 4) is 0 Å². The third-order valence-electron chi connectivity index (χ3n) is 0.792. The molecule has 13 heavy (non-hydrogen) atoms. The van der Waals surface area contributed by atoms with E-state index >= 15 is 0 Å². The summed E-state index contributed by atoms with van der Waals surface area (Å²) in [6.07, 6.45) is 0.583. The zero-order valence-corrected chi connectivity index (χ0v) is 6.82. The fraction of sp³-hybridized carbons (Fsp3) is 1.00. The number of hydrogen-bond acceptors (Lipinski definition) is 3. The van der Waals surface area contributed by atoms with Crippen molar-refractivity contribution in [2.75, 3.05) is 6.61 Å². The quantitative estimate of drug-likeness (QED) is 0.279. The summed E-state index contributed by atoms with van der Waals surface area (Å²) in [7, 11) is -5.84. The van der Waals surface area contributed by atoms with Crippen molar-refractivity contribution in [2.24, 2.45) is 0 Å². The summed E-state index contributed by atoms with van der Waals surface area (Å²) >= 11 is 0. The van der Waals surface area contributed by atoms with Gasteiger partial charge in [0.15, 0.2) is 0 Å². The van der Waals surface area contributed by atoms with Crippen LogP contribution in [0, 0.1) is 0 Å². The average molecular weight is 232 g/mol. The zero-order chi connectivity index (χ0) is 9.99. The van der Waals surface area contributed by atoms with Crippen LogP contribution in [0.1, 0.15) is 6.92 Å². The Morgan fingerprint density at radius 2 is 1.62 bits per heavy atom. The summed E-state index contributed by atoms with van der Waals surface area (Å²) in [5.41, 5.74) is -5.53. The molecule has 1 aliphatic rings. The van der Waals surface area contributed by atoms with Crippen molar-refractivity contribution >= 4 is 39.7 Å². The van der Waals surface area contributed by atoms with Crippen LogP contribution in [0.5, 0.6) is 0 Å². The molecule has 0 aromatic heterocycles. The van der Waals surface area contributed by atoms with Crippen molar-refractivity contribution in [1.29, 1.82) is 0 Å². The molecule has 9 heteroatoms. The van der Waals surface area contributed by atoms with Crippen LogP contribution in [0.2, 0.25) is 0 Å².